The van der Waals surface area contributed by atoms with Gasteiger partial charge in [0.1, 0.15) is 11.8 Å². The highest BCUT2D eigenvalue weighted by Gasteiger charge is 2.30. The Morgan fingerprint density at radius 3 is 2.24 bits per heavy atom. The van der Waals surface area contributed by atoms with Gasteiger partial charge in [-0.15, -0.1) is 0 Å². The Bertz CT molecular complexity index is 801. The zero-order chi connectivity index (χ0) is 21.4. The van der Waals surface area contributed by atoms with Gasteiger partial charge in [0.15, 0.2) is 6.61 Å². The lowest BCUT2D eigenvalue weighted by molar-refractivity contribution is -0.143. The van der Waals surface area contributed by atoms with Crippen molar-refractivity contribution in [3.05, 3.63) is 63.7 Å². The second kappa shape index (κ2) is 10.6. The fourth-order valence-electron chi connectivity index (χ4n) is 2.91. The van der Waals surface area contributed by atoms with Crippen LogP contribution in [0.5, 0.6) is 5.75 Å². The molecule has 5 nitrogen and oxygen atoms in total. The molecule has 0 aromatic heterocycles. The number of amides is 2. The zero-order valence-corrected chi connectivity index (χ0v) is 19.6. The highest BCUT2D eigenvalue weighted by atomic mass is 127. The van der Waals surface area contributed by atoms with Gasteiger partial charge < -0.3 is 15.0 Å². The second-order valence-electron chi connectivity index (χ2n) is 7.91. The van der Waals surface area contributed by atoms with E-state index in [4.69, 9.17) is 4.74 Å². The molecular formula is C23H29IN2O3. The maximum absolute atomic E-state index is 13.1. The third-order valence-electron chi connectivity index (χ3n) is 4.26. The summed E-state index contributed by atoms with van der Waals surface area (Å²) in [4.78, 5) is 27.6. The molecule has 0 saturated carbocycles. The van der Waals surface area contributed by atoms with E-state index < -0.39 is 6.04 Å². The van der Waals surface area contributed by atoms with Crippen molar-refractivity contribution in [2.75, 3.05) is 6.61 Å². The minimum Gasteiger partial charge on any atom is -0.484 e. The van der Waals surface area contributed by atoms with Gasteiger partial charge in [-0.2, -0.15) is 0 Å². The summed E-state index contributed by atoms with van der Waals surface area (Å²) in [5.74, 6) is 0.257. The lowest BCUT2D eigenvalue weighted by atomic mass is 10.1. The average molecular weight is 508 g/mol. The molecule has 0 radical (unpaired) electrons. The predicted octanol–water partition coefficient (Wildman–Crippen LogP) is 4.39. The lowest BCUT2D eigenvalue weighted by Crippen LogP contribution is -2.54. The number of benzene rings is 2. The van der Waals surface area contributed by atoms with Crippen molar-refractivity contribution in [3.63, 3.8) is 0 Å². The molecule has 0 unspecified atom stereocenters. The SMILES string of the molecule is CC[C@@H](C(=O)NC(C)(C)C)N(Cc1ccccc1)C(=O)COc1ccc(I)cc1. The topological polar surface area (TPSA) is 58.6 Å². The van der Waals surface area contributed by atoms with Crippen LogP contribution in [-0.2, 0) is 16.1 Å². The van der Waals surface area contributed by atoms with Gasteiger partial charge >= 0.3 is 0 Å². The summed E-state index contributed by atoms with van der Waals surface area (Å²) >= 11 is 2.22. The third kappa shape index (κ3) is 7.68. The second-order valence-corrected chi connectivity index (χ2v) is 9.16. The fourth-order valence-corrected chi connectivity index (χ4v) is 3.27. The number of carbonyl (C=O) groups is 2. The van der Waals surface area contributed by atoms with Crippen LogP contribution in [0.3, 0.4) is 0 Å². The molecule has 0 fully saturated rings. The molecule has 2 aromatic carbocycles. The van der Waals surface area contributed by atoms with Crippen molar-refractivity contribution < 1.29 is 14.3 Å². The first-order valence-electron chi connectivity index (χ1n) is 9.73. The van der Waals surface area contributed by atoms with Crippen molar-refractivity contribution >= 4 is 34.4 Å². The van der Waals surface area contributed by atoms with E-state index in [1.165, 1.54) is 0 Å². The minimum atomic E-state index is -0.567. The van der Waals surface area contributed by atoms with Crippen LogP contribution in [0.15, 0.2) is 54.6 Å². The molecule has 1 atom stereocenters. The summed E-state index contributed by atoms with van der Waals surface area (Å²) in [6.07, 6.45) is 0.518. The molecule has 1 N–H and O–H groups in total. The van der Waals surface area contributed by atoms with E-state index >= 15 is 0 Å². The van der Waals surface area contributed by atoms with Gasteiger partial charge in [-0.1, -0.05) is 37.3 Å². The quantitative estimate of drug-likeness (QED) is 0.539. The molecule has 2 aromatic rings. The summed E-state index contributed by atoms with van der Waals surface area (Å²) in [5.41, 5.74) is 0.598. The average Bonchev–Trinajstić information content (AvgIpc) is 2.66. The maximum Gasteiger partial charge on any atom is 0.261 e. The Kier molecular flexibility index (Phi) is 8.49. The smallest absolute Gasteiger partial charge is 0.261 e. The van der Waals surface area contributed by atoms with Gasteiger partial charge in [-0.3, -0.25) is 9.59 Å². The Morgan fingerprint density at radius 1 is 1.07 bits per heavy atom. The number of hydrogen-bond acceptors (Lipinski definition) is 3. The van der Waals surface area contributed by atoms with Gasteiger partial charge in [0.25, 0.3) is 5.91 Å². The maximum atomic E-state index is 13.1. The van der Waals surface area contributed by atoms with Gasteiger partial charge in [0, 0.05) is 15.7 Å². The molecule has 156 valence electrons. The summed E-state index contributed by atoms with van der Waals surface area (Å²) in [6.45, 7) is 7.94. The molecule has 0 aliphatic heterocycles. The first-order valence-corrected chi connectivity index (χ1v) is 10.8. The van der Waals surface area contributed by atoms with Crippen LogP contribution in [0.1, 0.15) is 39.7 Å². The van der Waals surface area contributed by atoms with Crippen LogP contribution in [0.4, 0.5) is 0 Å². The Balaban J connectivity index is 2.19. The van der Waals surface area contributed by atoms with E-state index in [0.717, 1.165) is 9.13 Å². The minimum absolute atomic E-state index is 0.118. The summed E-state index contributed by atoms with van der Waals surface area (Å²) < 4.78 is 6.78. The largest absolute Gasteiger partial charge is 0.484 e. The molecule has 0 aliphatic rings. The monoisotopic (exact) mass is 508 g/mol. The first kappa shape index (κ1) is 23.2. The molecule has 2 amide bonds. The zero-order valence-electron chi connectivity index (χ0n) is 17.4. The van der Waals surface area contributed by atoms with Crippen molar-refractivity contribution in [2.24, 2.45) is 0 Å². The summed E-state index contributed by atoms with van der Waals surface area (Å²) in [5, 5.41) is 3.00. The van der Waals surface area contributed by atoms with E-state index in [0.29, 0.717) is 18.7 Å². The summed E-state index contributed by atoms with van der Waals surface area (Å²) in [6, 6.07) is 16.6. The van der Waals surface area contributed by atoms with Crippen LogP contribution in [0, 0.1) is 3.57 Å². The number of carbonyl (C=O) groups excluding carboxylic acids is 2. The van der Waals surface area contributed by atoms with Crippen molar-refractivity contribution in [1.29, 1.82) is 0 Å². The number of nitrogens with one attached hydrogen (secondary N) is 1. The molecule has 29 heavy (non-hydrogen) atoms. The Labute approximate surface area is 187 Å². The van der Waals surface area contributed by atoms with E-state index in [1.54, 1.807) is 4.90 Å². The van der Waals surface area contributed by atoms with Crippen LogP contribution < -0.4 is 10.1 Å². The number of ether oxygens (including phenoxy) is 1. The van der Waals surface area contributed by atoms with E-state index in [2.05, 4.69) is 27.9 Å². The van der Waals surface area contributed by atoms with Crippen LogP contribution in [-0.4, -0.2) is 34.9 Å². The van der Waals surface area contributed by atoms with Crippen molar-refractivity contribution in [3.8, 4) is 5.75 Å². The Morgan fingerprint density at radius 2 is 1.69 bits per heavy atom. The lowest BCUT2D eigenvalue weighted by Gasteiger charge is -2.33. The molecule has 0 bridgehead atoms. The van der Waals surface area contributed by atoms with E-state index in [1.807, 2.05) is 82.3 Å². The van der Waals surface area contributed by atoms with E-state index in [-0.39, 0.29) is 24.0 Å². The molecule has 0 aliphatic carbocycles. The molecule has 2 rings (SSSR count). The van der Waals surface area contributed by atoms with Crippen molar-refractivity contribution in [2.45, 2.75) is 52.2 Å². The first-order chi connectivity index (χ1) is 13.7. The number of rotatable bonds is 8. The molecule has 6 heteroatoms. The number of nitrogens with zero attached hydrogens (tertiary/aromatic N) is 1. The standard InChI is InChI=1S/C23H29IN2O3/c1-5-20(22(28)25-23(2,3)4)26(15-17-9-7-6-8-10-17)21(27)16-29-19-13-11-18(24)12-14-19/h6-14,20H,5,15-16H2,1-4H3,(H,25,28)/t20-/m0/s1. The molecule has 0 spiro atoms. The van der Waals surface area contributed by atoms with Crippen LogP contribution in [0.25, 0.3) is 0 Å². The van der Waals surface area contributed by atoms with Gasteiger partial charge in [-0.05, 0) is 79.6 Å². The van der Waals surface area contributed by atoms with Gasteiger partial charge in [0.05, 0.1) is 0 Å². The number of hydrogen-bond donors (Lipinski definition) is 1. The highest BCUT2D eigenvalue weighted by molar-refractivity contribution is 14.1. The number of halogens is 1. The molecule has 0 heterocycles. The van der Waals surface area contributed by atoms with Crippen molar-refractivity contribution in [1.82, 2.24) is 10.2 Å². The van der Waals surface area contributed by atoms with Gasteiger partial charge in [-0.25, -0.2) is 0 Å². The van der Waals surface area contributed by atoms with E-state index in [9.17, 15) is 9.59 Å². The fraction of sp³-hybridized carbons (Fsp3) is 0.391. The normalized spacial score (nSPS) is 12.2. The van der Waals surface area contributed by atoms with Crippen LogP contribution in [0.2, 0.25) is 0 Å². The van der Waals surface area contributed by atoms with Crippen LogP contribution >= 0.6 is 22.6 Å². The highest BCUT2D eigenvalue weighted by Crippen LogP contribution is 2.16. The van der Waals surface area contributed by atoms with Gasteiger partial charge in [0.2, 0.25) is 5.91 Å². The molecular weight excluding hydrogens is 479 g/mol. The predicted molar refractivity (Wildman–Crippen MR) is 124 cm³/mol. The molecule has 0 saturated heterocycles. The summed E-state index contributed by atoms with van der Waals surface area (Å²) in [7, 11) is 0. The Hall–Kier alpha value is -2.09. The third-order valence-corrected chi connectivity index (χ3v) is 4.97.